The molecule has 1 N–H and O–H groups in total. The number of H-pyrrole nitrogens is 1. The maximum atomic E-state index is 13.7. The van der Waals surface area contributed by atoms with Crippen LogP contribution in [0.2, 0.25) is 0 Å². The van der Waals surface area contributed by atoms with Crippen molar-refractivity contribution in [2.75, 3.05) is 13.7 Å². The molecule has 2 aromatic heterocycles. The van der Waals surface area contributed by atoms with E-state index in [0.717, 1.165) is 43.6 Å². The Labute approximate surface area is 184 Å². The van der Waals surface area contributed by atoms with Gasteiger partial charge in [-0.05, 0) is 31.0 Å². The number of carbonyl (C=O) groups excluding carboxylic acids is 1. The first-order chi connectivity index (χ1) is 15.0. The number of imidazole rings is 1. The van der Waals surface area contributed by atoms with E-state index >= 15 is 0 Å². The van der Waals surface area contributed by atoms with E-state index in [1.54, 1.807) is 18.4 Å². The fourth-order valence-corrected chi connectivity index (χ4v) is 4.96. The van der Waals surface area contributed by atoms with Crippen molar-refractivity contribution in [1.29, 1.82) is 0 Å². The zero-order valence-corrected chi connectivity index (χ0v) is 18.2. The lowest BCUT2D eigenvalue weighted by Crippen LogP contribution is -2.31. The first-order valence-electron chi connectivity index (χ1n) is 10.1. The maximum absolute atomic E-state index is 13.7. The van der Waals surface area contributed by atoms with Crippen LogP contribution in [0, 0.1) is 6.92 Å². The highest BCUT2D eigenvalue weighted by Gasteiger charge is 2.36. The van der Waals surface area contributed by atoms with Crippen molar-refractivity contribution < 1.29 is 9.53 Å². The number of thiazole rings is 1. The Balaban J connectivity index is 1.53. The highest BCUT2D eigenvalue weighted by atomic mass is 32.1. The number of fused-ring (bicyclic) bond motifs is 1. The average molecular weight is 431 g/mol. The van der Waals surface area contributed by atoms with Crippen molar-refractivity contribution in [2.24, 2.45) is 0 Å². The van der Waals surface area contributed by atoms with Gasteiger partial charge in [-0.1, -0.05) is 42.5 Å². The smallest absolute Gasteiger partial charge is 0.274 e. The number of nitrogens with zero attached hydrogens (tertiary/aromatic N) is 3. The molecule has 31 heavy (non-hydrogen) atoms. The summed E-state index contributed by atoms with van der Waals surface area (Å²) in [7, 11) is 1.64. The van der Waals surface area contributed by atoms with Crippen LogP contribution < -0.4 is 4.74 Å². The van der Waals surface area contributed by atoms with Gasteiger partial charge >= 0.3 is 0 Å². The third-order valence-electron chi connectivity index (χ3n) is 5.51. The molecule has 1 saturated heterocycles. The highest BCUT2D eigenvalue weighted by Crippen LogP contribution is 2.38. The largest absolute Gasteiger partial charge is 0.497 e. The minimum Gasteiger partial charge on any atom is -0.497 e. The second kappa shape index (κ2) is 7.67. The van der Waals surface area contributed by atoms with Gasteiger partial charge in [-0.15, -0.1) is 11.3 Å². The van der Waals surface area contributed by atoms with Crippen LogP contribution in [0.4, 0.5) is 0 Å². The molecule has 1 aliphatic heterocycles. The van der Waals surface area contributed by atoms with Crippen LogP contribution in [0.25, 0.3) is 21.5 Å². The third kappa shape index (κ3) is 3.51. The van der Waals surface area contributed by atoms with Gasteiger partial charge in [0.25, 0.3) is 5.91 Å². The fourth-order valence-electron chi connectivity index (χ4n) is 4.04. The van der Waals surface area contributed by atoms with Crippen molar-refractivity contribution in [2.45, 2.75) is 19.4 Å². The van der Waals surface area contributed by atoms with Gasteiger partial charge < -0.3 is 14.6 Å². The minimum atomic E-state index is -0.205. The zero-order valence-electron chi connectivity index (χ0n) is 17.4. The molecule has 1 amide bonds. The summed E-state index contributed by atoms with van der Waals surface area (Å²) in [5.74, 6) is 1.42. The van der Waals surface area contributed by atoms with Gasteiger partial charge in [0, 0.05) is 12.6 Å². The van der Waals surface area contributed by atoms with Gasteiger partial charge in [0.15, 0.2) is 0 Å². The van der Waals surface area contributed by atoms with E-state index in [1.165, 1.54) is 0 Å². The normalized spacial score (nSPS) is 16.3. The van der Waals surface area contributed by atoms with E-state index in [-0.39, 0.29) is 11.9 Å². The Kier molecular flexibility index (Phi) is 4.82. The second-order valence-electron chi connectivity index (χ2n) is 7.68. The Morgan fingerprint density at radius 1 is 1.23 bits per heavy atom. The van der Waals surface area contributed by atoms with Crippen LogP contribution in [0.1, 0.15) is 33.8 Å². The Hall–Kier alpha value is -3.45. The van der Waals surface area contributed by atoms with Crippen LogP contribution in [0.5, 0.6) is 5.75 Å². The lowest BCUT2D eigenvalue weighted by molar-refractivity contribution is 0.0728. The summed E-state index contributed by atoms with van der Waals surface area (Å²) in [6.07, 6.45) is 0.673. The van der Waals surface area contributed by atoms with Crippen molar-refractivity contribution in [3.05, 3.63) is 77.2 Å². The molecule has 0 bridgehead atoms. The van der Waals surface area contributed by atoms with E-state index in [1.807, 2.05) is 60.4 Å². The maximum Gasteiger partial charge on any atom is 0.274 e. The molecule has 0 aliphatic carbocycles. The number of aromatic amines is 1. The van der Waals surface area contributed by atoms with Gasteiger partial charge in [0.1, 0.15) is 17.3 Å². The number of aryl methyl sites for hydroxylation is 1. The molecule has 0 radical (unpaired) electrons. The standard InChI is InChI=1S/C24H22N4O2S/c1-14-11-20(23-26-18-10-9-17(30-3)12-19(18)27-23)28(13-14)24(29)21-22(31-15(2)25-21)16-7-5-4-6-8-16/h4-10,12,20H,1,11,13H2,2-3H3,(H,26,27). The summed E-state index contributed by atoms with van der Waals surface area (Å²) in [4.78, 5) is 29.1. The molecule has 2 aromatic carbocycles. The molecule has 1 aliphatic rings. The summed E-state index contributed by atoms with van der Waals surface area (Å²) in [6.45, 7) is 6.58. The Morgan fingerprint density at radius 2 is 2.03 bits per heavy atom. The lowest BCUT2D eigenvalue weighted by atomic mass is 10.1. The number of methoxy groups -OCH3 is 1. The van der Waals surface area contributed by atoms with E-state index in [2.05, 4.69) is 16.5 Å². The Bertz CT molecular complexity index is 1290. The number of nitrogens with one attached hydrogen (secondary N) is 1. The van der Waals surface area contributed by atoms with Gasteiger partial charge in [-0.3, -0.25) is 4.79 Å². The van der Waals surface area contributed by atoms with Gasteiger partial charge in [0.2, 0.25) is 0 Å². The second-order valence-corrected chi connectivity index (χ2v) is 8.89. The number of carbonyl (C=O) groups is 1. The molecule has 0 saturated carbocycles. The number of amides is 1. The van der Waals surface area contributed by atoms with Crippen LogP contribution in [0.15, 0.2) is 60.7 Å². The number of hydrogen-bond acceptors (Lipinski definition) is 5. The topological polar surface area (TPSA) is 71.1 Å². The van der Waals surface area contributed by atoms with Crippen molar-refractivity contribution in [1.82, 2.24) is 19.9 Å². The van der Waals surface area contributed by atoms with E-state index < -0.39 is 0 Å². The van der Waals surface area contributed by atoms with E-state index in [4.69, 9.17) is 9.72 Å². The number of benzene rings is 2. The summed E-state index contributed by atoms with van der Waals surface area (Å²) in [5.41, 5.74) is 4.22. The number of rotatable bonds is 4. The molecular weight excluding hydrogens is 408 g/mol. The molecule has 1 fully saturated rings. The molecule has 4 aromatic rings. The first-order valence-corrected chi connectivity index (χ1v) is 10.9. The molecule has 7 heteroatoms. The van der Waals surface area contributed by atoms with Gasteiger partial charge in [0.05, 0.1) is 34.1 Å². The van der Waals surface area contributed by atoms with Crippen LogP contribution in [-0.2, 0) is 0 Å². The number of aromatic nitrogens is 3. The van der Waals surface area contributed by atoms with Crippen molar-refractivity contribution in [3.63, 3.8) is 0 Å². The van der Waals surface area contributed by atoms with Crippen LogP contribution in [0.3, 0.4) is 0 Å². The molecule has 1 unspecified atom stereocenters. The van der Waals surface area contributed by atoms with Crippen LogP contribution in [-0.4, -0.2) is 39.4 Å². The monoisotopic (exact) mass is 430 g/mol. The number of ether oxygens (including phenoxy) is 1. The minimum absolute atomic E-state index is 0.0927. The molecule has 156 valence electrons. The Morgan fingerprint density at radius 3 is 2.81 bits per heavy atom. The molecule has 3 heterocycles. The predicted octanol–water partition coefficient (Wildman–Crippen LogP) is 5.15. The summed E-state index contributed by atoms with van der Waals surface area (Å²) in [6, 6.07) is 15.4. The average Bonchev–Trinajstić information content (AvgIpc) is 3.49. The summed E-state index contributed by atoms with van der Waals surface area (Å²) in [5, 5.41) is 0.868. The van der Waals surface area contributed by atoms with Crippen molar-refractivity contribution in [3.8, 4) is 16.2 Å². The summed E-state index contributed by atoms with van der Waals surface area (Å²) < 4.78 is 5.32. The summed E-state index contributed by atoms with van der Waals surface area (Å²) >= 11 is 1.54. The SMILES string of the molecule is C=C1CC(c2nc3ccc(OC)cc3[nH]2)N(C(=O)c2nc(C)sc2-c2ccccc2)C1. The predicted molar refractivity (Wildman–Crippen MR) is 122 cm³/mol. The van der Waals surface area contributed by atoms with Gasteiger partial charge in [-0.25, -0.2) is 9.97 Å². The van der Waals surface area contributed by atoms with Gasteiger partial charge in [-0.2, -0.15) is 0 Å². The van der Waals surface area contributed by atoms with E-state index in [9.17, 15) is 4.79 Å². The fraction of sp³-hybridized carbons (Fsp3) is 0.208. The molecule has 0 spiro atoms. The molecular formula is C24H22N4O2S. The van der Waals surface area contributed by atoms with E-state index in [0.29, 0.717) is 18.7 Å². The lowest BCUT2D eigenvalue weighted by Gasteiger charge is -2.22. The molecule has 1 atom stereocenters. The molecule has 5 rings (SSSR count). The van der Waals surface area contributed by atoms with Crippen LogP contribution >= 0.6 is 11.3 Å². The first kappa shape index (κ1) is 19.5. The highest BCUT2D eigenvalue weighted by molar-refractivity contribution is 7.15. The van der Waals surface area contributed by atoms with Crippen molar-refractivity contribution >= 4 is 28.3 Å². The third-order valence-corrected chi connectivity index (χ3v) is 6.53. The molecule has 6 nitrogen and oxygen atoms in total. The zero-order chi connectivity index (χ0) is 21.5. The number of likely N-dealkylation sites (tertiary alicyclic amines) is 1. The quantitative estimate of drug-likeness (QED) is 0.455. The number of hydrogen-bond donors (Lipinski definition) is 1.